The number of rotatable bonds is 8. The number of hydrogen-bond acceptors (Lipinski definition) is 0. The molecule has 2 N–H and O–H groups in total. The van der Waals surface area contributed by atoms with Gasteiger partial charge in [0.1, 0.15) is 52.7 Å². The molecule has 316 valence electrons. The summed E-state index contributed by atoms with van der Waals surface area (Å²) < 4.78 is 238. The Balaban J connectivity index is 0.000000313. The van der Waals surface area contributed by atoms with Crippen LogP contribution in [0.4, 0.5) is 70.2 Å². The van der Waals surface area contributed by atoms with Gasteiger partial charge in [-0.05, 0) is 38.5 Å². The van der Waals surface area contributed by atoms with E-state index in [2.05, 4.69) is 19.2 Å². The van der Waals surface area contributed by atoms with Crippen LogP contribution >= 0.6 is 0 Å². The van der Waals surface area contributed by atoms with Gasteiger partial charge >= 0.3 is 0 Å². The summed E-state index contributed by atoms with van der Waals surface area (Å²) in [7, 11) is 0. The molecule has 2 aliphatic carbocycles. The molecule has 0 aromatic heterocycles. The highest BCUT2D eigenvalue weighted by atomic mass is 19.2. The SMILES string of the molecule is CCC1([NH2+]C2(CC)CCCCC2)CCCCC1.Fc1cc(F)c(F)c([B-](c2c(F)c(F)cc(F)c2F)(c2c(F)c(F)cc(F)c2F)c2c(F)c(F)cc(F)c2F)c1F. The van der Waals surface area contributed by atoms with E-state index in [1.165, 1.54) is 77.0 Å². The maximum absolute atomic E-state index is 15.3. The summed E-state index contributed by atoms with van der Waals surface area (Å²) in [6.07, 6.45) is 11.1. The van der Waals surface area contributed by atoms with E-state index in [1.54, 1.807) is 0 Å². The second-order valence-electron chi connectivity index (χ2n) is 15.1. The zero-order chi connectivity index (χ0) is 43.1. The Kier molecular flexibility index (Phi) is 13.3. The van der Waals surface area contributed by atoms with E-state index in [4.69, 9.17) is 0 Å². The average molecular weight is 846 g/mol. The van der Waals surface area contributed by atoms with Crippen molar-refractivity contribution >= 4 is 28.0 Å². The molecule has 58 heavy (non-hydrogen) atoms. The first kappa shape index (κ1) is 44.9. The minimum absolute atomic E-state index is 0.617. The summed E-state index contributed by atoms with van der Waals surface area (Å²) in [5.41, 5.74) is -10.7. The van der Waals surface area contributed by atoms with Crippen molar-refractivity contribution in [1.82, 2.24) is 0 Å². The molecule has 1 nitrogen and oxygen atoms in total. The Hall–Kier alpha value is -4.22. The number of halogens is 16. The van der Waals surface area contributed by atoms with Crippen LogP contribution in [0.5, 0.6) is 0 Å². The molecule has 0 radical (unpaired) electrons. The summed E-state index contributed by atoms with van der Waals surface area (Å²) in [6.45, 7) is 4.85. The van der Waals surface area contributed by atoms with Crippen LogP contribution in [0.25, 0.3) is 0 Å². The van der Waals surface area contributed by atoms with Gasteiger partial charge in [-0.3, -0.25) is 0 Å². The molecule has 4 aromatic rings. The average Bonchev–Trinajstić information content (AvgIpc) is 3.19. The molecular formula is C40H36BF16N. The van der Waals surface area contributed by atoms with Crippen LogP contribution in [0.15, 0.2) is 24.3 Å². The molecule has 6 rings (SSSR count). The predicted octanol–water partition coefficient (Wildman–Crippen LogP) is 9.07. The van der Waals surface area contributed by atoms with Crippen molar-refractivity contribution in [1.29, 1.82) is 0 Å². The lowest BCUT2D eigenvalue weighted by atomic mass is 9.12. The van der Waals surface area contributed by atoms with E-state index < -0.39 is 145 Å². The predicted molar refractivity (Wildman–Crippen MR) is 184 cm³/mol. The number of hydrogen-bond donors (Lipinski definition) is 1. The van der Waals surface area contributed by atoms with Gasteiger partial charge in [-0.2, -0.15) is 0 Å². The Bertz CT molecular complexity index is 1810. The molecule has 4 aromatic carbocycles. The van der Waals surface area contributed by atoms with E-state index in [0.29, 0.717) is 11.1 Å². The van der Waals surface area contributed by atoms with Crippen LogP contribution in [0.3, 0.4) is 0 Å². The van der Waals surface area contributed by atoms with Gasteiger partial charge in [0.15, 0.2) is 46.5 Å². The Labute approximate surface area is 322 Å². The van der Waals surface area contributed by atoms with Crippen molar-refractivity contribution in [2.24, 2.45) is 0 Å². The lowest BCUT2D eigenvalue weighted by Crippen LogP contribution is -3.06. The molecule has 0 atom stereocenters. The monoisotopic (exact) mass is 845 g/mol. The van der Waals surface area contributed by atoms with Crippen LogP contribution in [0.1, 0.15) is 90.9 Å². The summed E-state index contributed by atoms with van der Waals surface area (Å²) in [5, 5.41) is 2.87. The fourth-order valence-corrected chi connectivity index (χ4v) is 9.11. The molecule has 2 aliphatic rings. The molecule has 0 heterocycles. The molecule has 0 unspecified atom stereocenters. The van der Waals surface area contributed by atoms with Gasteiger partial charge in [-0.25, -0.2) is 70.2 Å². The molecule has 0 amide bonds. The standard InChI is InChI=1S/C24H4BF16.C16H31N/c26-5-1-6(27)18(35)13(17(5)34)25(14-19(36)7(28)2-8(29)20(14)37,15-21(38)9(30)3-10(31)22(15)39)16-23(40)11(32)4-12(33)24(16)41;1-3-15(11-7-5-8-12-15)17-16(4-2)13-9-6-10-14-16/h1-4H;17H,3-14H2,1-2H3/q-1;/p+1. The summed E-state index contributed by atoms with van der Waals surface area (Å²) in [6, 6.07) is -2.76. The van der Waals surface area contributed by atoms with Crippen molar-refractivity contribution in [3.63, 3.8) is 0 Å². The van der Waals surface area contributed by atoms with Gasteiger partial charge in [0, 0.05) is 49.9 Å². The highest BCUT2D eigenvalue weighted by molar-refractivity contribution is 7.20. The smallest absolute Gasteiger partial charge is 0.158 e. The fourth-order valence-electron chi connectivity index (χ4n) is 9.11. The maximum Gasteiger partial charge on any atom is 0.158 e. The molecule has 2 saturated carbocycles. The van der Waals surface area contributed by atoms with Gasteiger partial charge in [-0.1, -0.05) is 26.7 Å². The molecule has 2 fully saturated rings. The maximum atomic E-state index is 15.3. The first-order valence-corrected chi connectivity index (χ1v) is 18.6. The zero-order valence-corrected chi connectivity index (χ0v) is 31.0. The van der Waals surface area contributed by atoms with E-state index in [0.717, 1.165) is 0 Å². The van der Waals surface area contributed by atoms with Crippen molar-refractivity contribution < 1.29 is 75.6 Å². The molecule has 0 spiro atoms. The van der Waals surface area contributed by atoms with Gasteiger partial charge < -0.3 is 5.32 Å². The van der Waals surface area contributed by atoms with Crippen LogP contribution in [0, 0.1) is 93.1 Å². The van der Waals surface area contributed by atoms with Crippen molar-refractivity contribution in [3.8, 4) is 0 Å². The van der Waals surface area contributed by atoms with Crippen LogP contribution in [-0.4, -0.2) is 17.2 Å². The highest BCUT2D eigenvalue weighted by Crippen LogP contribution is 2.33. The summed E-state index contributed by atoms with van der Waals surface area (Å²) in [4.78, 5) is 0. The highest BCUT2D eigenvalue weighted by Gasteiger charge is 2.50. The van der Waals surface area contributed by atoms with Crippen molar-refractivity contribution in [2.45, 2.75) is 102 Å². The van der Waals surface area contributed by atoms with Gasteiger partial charge in [0.2, 0.25) is 0 Å². The number of nitrogens with two attached hydrogens (primary N) is 1. The quantitative estimate of drug-likeness (QED) is 0.104. The molecule has 18 heteroatoms. The van der Waals surface area contributed by atoms with Gasteiger partial charge in [0.25, 0.3) is 0 Å². The largest absolute Gasteiger partial charge is 0.337 e. The fraction of sp³-hybridized carbons (Fsp3) is 0.400. The minimum Gasteiger partial charge on any atom is -0.337 e. The van der Waals surface area contributed by atoms with E-state index >= 15 is 35.1 Å². The number of quaternary nitrogens is 1. The third-order valence-corrected chi connectivity index (χ3v) is 12.0. The van der Waals surface area contributed by atoms with E-state index in [-0.39, 0.29) is 0 Å². The van der Waals surface area contributed by atoms with Gasteiger partial charge in [0.05, 0.1) is 11.1 Å². The summed E-state index contributed by atoms with van der Waals surface area (Å²) >= 11 is 0. The van der Waals surface area contributed by atoms with Crippen LogP contribution in [0.2, 0.25) is 0 Å². The topological polar surface area (TPSA) is 16.6 Å². The van der Waals surface area contributed by atoms with E-state index in [1.807, 2.05) is 0 Å². The lowest BCUT2D eigenvalue weighted by molar-refractivity contribution is -0.796. The number of benzene rings is 4. The first-order chi connectivity index (χ1) is 27.2. The van der Waals surface area contributed by atoms with Gasteiger partial charge in [-0.15, -0.1) is 21.9 Å². The zero-order valence-electron chi connectivity index (χ0n) is 31.0. The minimum atomic E-state index is -6.49. The first-order valence-electron chi connectivity index (χ1n) is 18.6. The molecule has 0 bridgehead atoms. The third-order valence-electron chi connectivity index (χ3n) is 12.0. The third kappa shape index (κ3) is 7.69. The van der Waals surface area contributed by atoms with Crippen LogP contribution in [-0.2, 0) is 0 Å². The molecule has 0 saturated heterocycles. The second kappa shape index (κ2) is 17.2. The molecular weight excluding hydrogens is 809 g/mol. The van der Waals surface area contributed by atoms with Crippen molar-refractivity contribution in [2.75, 3.05) is 0 Å². The Morgan fingerprint density at radius 3 is 0.724 bits per heavy atom. The second-order valence-corrected chi connectivity index (χ2v) is 15.1. The lowest BCUT2D eigenvalue weighted by Gasteiger charge is -2.45. The molecule has 0 aliphatic heterocycles. The van der Waals surface area contributed by atoms with Crippen LogP contribution < -0.4 is 27.2 Å². The van der Waals surface area contributed by atoms with E-state index in [9.17, 15) is 35.1 Å². The normalized spacial score (nSPS) is 16.6. The Morgan fingerprint density at radius 1 is 0.362 bits per heavy atom. The summed E-state index contributed by atoms with van der Waals surface area (Å²) in [5.74, 6) is -46.2. The van der Waals surface area contributed by atoms with Crippen molar-refractivity contribution in [3.05, 3.63) is 117 Å². The Morgan fingerprint density at radius 2 is 0.552 bits per heavy atom.